The van der Waals surface area contributed by atoms with Gasteiger partial charge in [-0.25, -0.2) is 0 Å². The average molecular weight is 244 g/mol. The number of rotatable bonds is 5. The highest BCUT2D eigenvalue weighted by molar-refractivity contribution is 7.80. The van der Waals surface area contributed by atoms with E-state index in [1.165, 1.54) is 0 Å². The SMILES string of the molecule is CC(C)N1CCN(CCCCS)C(=O)C1=O. The van der Waals surface area contributed by atoms with Crippen LogP contribution in [0.1, 0.15) is 26.7 Å². The molecule has 1 rings (SSSR count). The molecular formula is C11H20N2O2S. The van der Waals surface area contributed by atoms with E-state index in [-0.39, 0.29) is 17.9 Å². The summed E-state index contributed by atoms with van der Waals surface area (Å²) in [5.74, 6) is 0.125. The summed E-state index contributed by atoms with van der Waals surface area (Å²) < 4.78 is 0. The van der Waals surface area contributed by atoms with Gasteiger partial charge < -0.3 is 9.80 Å². The minimum absolute atomic E-state index is 0.107. The summed E-state index contributed by atoms with van der Waals surface area (Å²) in [6.45, 7) is 5.86. The number of nitrogens with zero attached hydrogens (tertiary/aromatic N) is 2. The van der Waals surface area contributed by atoms with Crippen LogP contribution in [0.2, 0.25) is 0 Å². The molecule has 1 fully saturated rings. The zero-order valence-corrected chi connectivity index (χ0v) is 10.9. The van der Waals surface area contributed by atoms with Crippen LogP contribution in [0, 0.1) is 0 Å². The van der Waals surface area contributed by atoms with Crippen LogP contribution in [-0.2, 0) is 9.59 Å². The third kappa shape index (κ3) is 3.14. The summed E-state index contributed by atoms with van der Waals surface area (Å²) in [6.07, 6.45) is 1.90. The number of piperazine rings is 1. The summed E-state index contributed by atoms with van der Waals surface area (Å²) in [7, 11) is 0. The first-order chi connectivity index (χ1) is 7.57. The zero-order chi connectivity index (χ0) is 12.1. The molecule has 0 aromatic heterocycles. The second kappa shape index (κ2) is 6.13. The number of hydrogen-bond donors (Lipinski definition) is 1. The van der Waals surface area contributed by atoms with Crippen molar-refractivity contribution in [3.63, 3.8) is 0 Å². The van der Waals surface area contributed by atoms with Crippen molar-refractivity contribution in [2.45, 2.75) is 32.7 Å². The molecule has 1 heterocycles. The molecule has 0 unspecified atom stereocenters. The number of amides is 2. The molecule has 1 saturated heterocycles. The monoisotopic (exact) mass is 244 g/mol. The van der Waals surface area contributed by atoms with Gasteiger partial charge in [0.2, 0.25) is 0 Å². The van der Waals surface area contributed by atoms with Gasteiger partial charge in [0.25, 0.3) is 0 Å². The molecular weight excluding hydrogens is 224 g/mol. The molecule has 4 nitrogen and oxygen atoms in total. The highest BCUT2D eigenvalue weighted by atomic mass is 32.1. The number of thiol groups is 1. The number of unbranched alkanes of at least 4 members (excludes halogenated alkanes) is 1. The fraction of sp³-hybridized carbons (Fsp3) is 0.818. The van der Waals surface area contributed by atoms with Crippen LogP contribution in [-0.4, -0.2) is 53.0 Å². The van der Waals surface area contributed by atoms with E-state index in [1.807, 2.05) is 13.8 Å². The van der Waals surface area contributed by atoms with Gasteiger partial charge in [-0.15, -0.1) is 0 Å². The van der Waals surface area contributed by atoms with E-state index >= 15 is 0 Å². The summed E-state index contributed by atoms with van der Waals surface area (Å²) in [5.41, 5.74) is 0. The Morgan fingerprint density at radius 3 is 2.44 bits per heavy atom. The van der Waals surface area contributed by atoms with Gasteiger partial charge in [-0.3, -0.25) is 9.59 Å². The van der Waals surface area contributed by atoms with Crippen molar-refractivity contribution in [3.8, 4) is 0 Å². The number of hydrogen-bond acceptors (Lipinski definition) is 3. The summed E-state index contributed by atoms with van der Waals surface area (Å²) in [5, 5.41) is 0. The minimum atomic E-state index is -0.355. The Hall–Kier alpha value is -0.710. The van der Waals surface area contributed by atoms with Crippen molar-refractivity contribution in [1.82, 2.24) is 9.80 Å². The standard InChI is InChI=1S/C11H20N2O2S/c1-9(2)13-7-6-12(5-3-4-8-16)10(14)11(13)15/h9,16H,3-8H2,1-2H3. The smallest absolute Gasteiger partial charge is 0.312 e. The summed E-state index contributed by atoms with van der Waals surface area (Å²) >= 11 is 4.12. The fourth-order valence-electron chi connectivity index (χ4n) is 1.81. The van der Waals surface area contributed by atoms with Crippen molar-refractivity contribution < 1.29 is 9.59 Å². The molecule has 0 saturated carbocycles. The van der Waals surface area contributed by atoms with Crippen molar-refractivity contribution >= 4 is 24.4 Å². The second-order valence-electron chi connectivity index (χ2n) is 4.32. The molecule has 0 aromatic carbocycles. The van der Waals surface area contributed by atoms with Gasteiger partial charge >= 0.3 is 11.8 Å². The van der Waals surface area contributed by atoms with Crippen molar-refractivity contribution in [2.75, 3.05) is 25.4 Å². The summed E-state index contributed by atoms with van der Waals surface area (Å²) in [4.78, 5) is 26.8. The lowest BCUT2D eigenvalue weighted by molar-refractivity contribution is -0.157. The third-order valence-electron chi connectivity index (χ3n) is 2.80. The second-order valence-corrected chi connectivity index (χ2v) is 4.76. The van der Waals surface area contributed by atoms with E-state index in [2.05, 4.69) is 12.6 Å². The molecule has 2 amide bonds. The predicted octanol–water partition coefficient (Wildman–Crippen LogP) is 0.776. The zero-order valence-electron chi connectivity index (χ0n) is 9.98. The molecule has 0 aliphatic carbocycles. The van der Waals surface area contributed by atoms with E-state index in [4.69, 9.17) is 0 Å². The molecule has 5 heteroatoms. The minimum Gasteiger partial charge on any atom is -0.333 e. The van der Waals surface area contributed by atoms with Crippen LogP contribution >= 0.6 is 12.6 Å². The van der Waals surface area contributed by atoms with Gasteiger partial charge in [-0.1, -0.05) is 0 Å². The maximum atomic E-state index is 11.7. The molecule has 0 N–H and O–H groups in total. The van der Waals surface area contributed by atoms with Crippen LogP contribution in [0.15, 0.2) is 0 Å². The Balaban J connectivity index is 2.48. The molecule has 0 radical (unpaired) electrons. The van der Waals surface area contributed by atoms with Crippen LogP contribution in [0.5, 0.6) is 0 Å². The number of carbonyl (C=O) groups is 2. The van der Waals surface area contributed by atoms with Gasteiger partial charge in [0.1, 0.15) is 0 Å². The molecule has 0 bridgehead atoms. The normalized spacial score (nSPS) is 17.5. The first kappa shape index (κ1) is 13.4. The van der Waals surface area contributed by atoms with Gasteiger partial charge in [-0.05, 0) is 32.4 Å². The van der Waals surface area contributed by atoms with Crippen molar-refractivity contribution in [3.05, 3.63) is 0 Å². The Bertz CT molecular complexity index is 269. The van der Waals surface area contributed by atoms with Gasteiger partial charge in [0.15, 0.2) is 0 Å². The molecule has 0 spiro atoms. The molecule has 16 heavy (non-hydrogen) atoms. The molecule has 0 aromatic rings. The highest BCUT2D eigenvalue weighted by Crippen LogP contribution is 2.09. The van der Waals surface area contributed by atoms with Gasteiger partial charge in [-0.2, -0.15) is 12.6 Å². The summed E-state index contributed by atoms with van der Waals surface area (Å²) in [6, 6.07) is 0.107. The van der Waals surface area contributed by atoms with Crippen LogP contribution in [0.25, 0.3) is 0 Å². The molecule has 92 valence electrons. The molecule has 0 atom stereocenters. The van der Waals surface area contributed by atoms with Gasteiger partial charge in [0.05, 0.1) is 0 Å². The molecule has 1 aliphatic heterocycles. The van der Waals surface area contributed by atoms with E-state index in [0.29, 0.717) is 19.6 Å². The Morgan fingerprint density at radius 1 is 1.19 bits per heavy atom. The predicted molar refractivity (Wildman–Crippen MR) is 66.5 cm³/mol. The Morgan fingerprint density at radius 2 is 1.88 bits per heavy atom. The lowest BCUT2D eigenvalue weighted by atomic mass is 10.2. The third-order valence-corrected chi connectivity index (χ3v) is 3.12. The average Bonchev–Trinajstić information content (AvgIpc) is 2.24. The van der Waals surface area contributed by atoms with Crippen molar-refractivity contribution in [2.24, 2.45) is 0 Å². The fourth-order valence-corrected chi connectivity index (χ4v) is 2.03. The first-order valence-electron chi connectivity index (χ1n) is 5.78. The van der Waals surface area contributed by atoms with Crippen LogP contribution < -0.4 is 0 Å². The van der Waals surface area contributed by atoms with Crippen molar-refractivity contribution in [1.29, 1.82) is 0 Å². The van der Waals surface area contributed by atoms with E-state index in [1.54, 1.807) is 9.80 Å². The van der Waals surface area contributed by atoms with E-state index < -0.39 is 0 Å². The Kier molecular flexibility index (Phi) is 5.12. The van der Waals surface area contributed by atoms with Gasteiger partial charge in [0, 0.05) is 25.7 Å². The number of carbonyl (C=O) groups excluding carboxylic acids is 2. The quantitative estimate of drug-likeness (QED) is 0.441. The maximum absolute atomic E-state index is 11.7. The van der Waals surface area contributed by atoms with E-state index in [9.17, 15) is 9.59 Å². The first-order valence-corrected chi connectivity index (χ1v) is 6.42. The highest BCUT2D eigenvalue weighted by Gasteiger charge is 2.33. The topological polar surface area (TPSA) is 40.6 Å². The van der Waals surface area contributed by atoms with Crippen LogP contribution in [0.3, 0.4) is 0 Å². The lowest BCUT2D eigenvalue weighted by Crippen LogP contribution is -2.56. The maximum Gasteiger partial charge on any atom is 0.312 e. The largest absolute Gasteiger partial charge is 0.333 e. The lowest BCUT2D eigenvalue weighted by Gasteiger charge is -2.36. The Labute approximate surface area is 102 Å². The van der Waals surface area contributed by atoms with Crippen LogP contribution in [0.4, 0.5) is 0 Å². The van der Waals surface area contributed by atoms with E-state index in [0.717, 1.165) is 18.6 Å². The molecule has 1 aliphatic rings.